The van der Waals surface area contributed by atoms with Crippen molar-refractivity contribution in [1.29, 1.82) is 0 Å². The van der Waals surface area contributed by atoms with Gasteiger partial charge in [-0.1, -0.05) is 27.7 Å². The van der Waals surface area contributed by atoms with Crippen LogP contribution in [0.25, 0.3) is 0 Å². The van der Waals surface area contributed by atoms with Crippen LogP contribution >= 0.6 is 0 Å². The summed E-state index contributed by atoms with van der Waals surface area (Å²) in [6, 6.07) is 0. The molecule has 1 atom stereocenters. The quantitative estimate of drug-likeness (QED) is 0.662. The van der Waals surface area contributed by atoms with E-state index in [2.05, 4.69) is 38.0 Å². The van der Waals surface area contributed by atoms with Crippen LogP contribution in [0.4, 0.5) is 0 Å². The molecule has 0 saturated heterocycles. The Bertz CT molecular complexity index is 287. The minimum absolute atomic E-state index is 0.139. The highest BCUT2D eigenvalue weighted by atomic mass is 16.5. The van der Waals surface area contributed by atoms with E-state index < -0.39 is 5.54 Å². The molecule has 120 valence electrons. The third-order valence-corrected chi connectivity index (χ3v) is 3.25. The summed E-state index contributed by atoms with van der Waals surface area (Å²) in [7, 11) is 2.14. The SMILES string of the molecule is CCNC(C)(CCCN(C)CC(C)(C)C)C(=O)OCC. The van der Waals surface area contributed by atoms with Gasteiger partial charge in [0.1, 0.15) is 5.54 Å². The van der Waals surface area contributed by atoms with Crippen molar-refractivity contribution in [2.75, 3.05) is 33.3 Å². The number of carbonyl (C=O) groups excluding carboxylic acids is 1. The first-order valence-electron chi connectivity index (χ1n) is 7.75. The van der Waals surface area contributed by atoms with E-state index in [0.29, 0.717) is 12.0 Å². The second-order valence-corrected chi connectivity index (χ2v) is 6.98. The van der Waals surface area contributed by atoms with Crippen LogP contribution in [0.5, 0.6) is 0 Å². The summed E-state index contributed by atoms with van der Waals surface area (Å²) in [5.74, 6) is -0.139. The van der Waals surface area contributed by atoms with Crippen LogP contribution in [0, 0.1) is 5.41 Å². The van der Waals surface area contributed by atoms with Crippen molar-refractivity contribution in [3.8, 4) is 0 Å². The first kappa shape index (κ1) is 19.4. The Morgan fingerprint density at radius 3 is 2.25 bits per heavy atom. The molecule has 0 aromatic heterocycles. The van der Waals surface area contributed by atoms with E-state index >= 15 is 0 Å². The van der Waals surface area contributed by atoms with E-state index in [4.69, 9.17) is 4.74 Å². The van der Waals surface area contributed by atoms with Gasteiger partial charge in [-0.3, -0.25) is 4.79 Å². The Balaban J connectivity index is 4.31. The highest BCUT2D eigenvalue weighted by Crippen LogP contribution is 2.17. The maximum Gasteiger partial charge on any atom is 0.326 e. The van der Waals surface area contributed by atoms with Gasteiger partial charge in [-0.25, -0.2) is 0 Å². The standard InChI is InChI=1S/C16H34N2O2/c1-8-17-16(6,14(19)20-9-2)11-10-12-18(7)13-15(3,4)5/h17H,8-13H2,1-7H3. The van der Waals surface area contributed by atoms with Gasteiger partial charge in [-0.2, -0.15) is 0 Å². The summed E-state index contributed by atoms with van der Waals surface area (Å²) < 4.78 is 5.18. The molecule has 4 heteroatoms. The number of carbonyl (C=O) groups is 1. The number of hydrogen-bond acceptors (Lipinski definition) is 4. The van der Waals surface area contributed by atoms with Gasteiger partial charge < -0.3 is 15.0 Å². The molecule has 0 aliphatic heterocycles. The van der Waals surface area contributed by atoms with E-state index in [1.165, 1.54) is 0 Å². The van der Waals surface area contributed by atoms with Crippen molar-refractivity contribution in [2.24, 2.45) is 5.41 Å². The minimum atomic E-state index is -0.562. The summed E-state index contributed by atoms with van der Waals surface area (Å²) in [4.78, 5) is 14.4. The van der Waals surface area contributed by atoms with Gasteiger partial charge in [0.15, 0.2) is 0 Å². The molecule has 4 nitrogen and oxygen atoms in total. The average molecular weight is 286 g/mol. The number of nitrogens with zero attached hydrogens (tertiary/aromatic N) is 1. The average Bonchev–Trinajstić information content (AvgIpc) is 2.27. The predicted octanol–water partition coefficient (Wildman–Crippen LogP) is 2.68. The summed E-state index contributed by atoms with van der Waals surface area (Å²) in [5.41, 5.74) is -0.256. The van der Waals surface area contributed by atoms with Crippen LogP contribution in [-0.4, -0.2) is 49.7 Å². The van der Waals surface area contributed by atoms with Crippen LogP contribution < -0.4 is 5.32 Å². The molecule has 1 unspecified atom stereocenters. The molecule has 0 aliphatic rings. The molecule has 1 N–H and O–H groups in total. The second kappa shape index (κ2) is 8.63. The number of ether oxygens (including phenoxy) is 1. The Hall–Kier alpha value is -0.610. The van der Waals surface area contributed by atoms with Crippen molar-refractivity contribution >= 4 is 5.97 Å². The zero-order valence-corrected chi connectivity index (χ0v) is 14.5. The molecule has 0 bridgehead atoms. The van der Waals surface area contributed by atoms with Gasteiger partial charge in [-0.05, 0) is 52.2 Å². The van der Waals surface area contributed by atoms with Gasteiger partial charge in [-0.15, -0.1) is 0 Å². The fraction of sp³-hybridized carbons (Fsp3) is 0.938. The molecule has 0 radical (unpaired) electrons. The molecule has 0 spiro atoms. The minimum Gasteiger partial charge on any atom is -0.465 e. The first-order chi connectivity index (χ1) is 9.14. The van der Waals surface area contributed by atoms with E-state index in [0.717, 1.165) is 32.5 Å². The van der Waals surface area contributed by atoms with Gasteiger partial charge in [0.2, 0.25) is 0 Å². The Morgan fingerprint density at radius 2 is 1.80 bits per heavy atom. The third-order valence-electron chi connectivity index (χ3n) is 3.25. The van der Waals surface area contributed by atoms with E-state index in [-0.39, 0.29) is 5.97 Å². The van der Waals surface area contributed by atoms with Crippen LogP contribution in [0.2, 0.25) is 0 Å². The number of esters is 1. The second-order valence-electron chi connectivity index (χ2n) is 6.98. The smallest absolute Gasteiger partial charge is 0.326 e. The lowest BCUT2D eigenvalue weighted by Gasteiger charge is -2.30. The summed E-state index contributed by atoms with van der Waals surface area (Å²) in [5, 5.41) is 3.27. The van der Waals surface area contributed by atoms with Crippen LogP contribution in [-0.2, 0) is 9.53 Å². The summed E-state index contributed by atoms with van der Waals surface area (Å²) in [6.07, 6.45) is 1.78. The molecule has 0 aromatic carbocycles. The molecule has 0 heterocycles. The molecule has 0 fully saturated rings. The maximum absolute atomic E-state index is 12.1. The topological polar surface area (TPSA) is 41.6 Å². The van der Waals surface area contributed by atoms with Crippen molar-refractivity contribution < 1.29 is 9.53 Å². The monoisotopic (exact) mass is 286 g/mol. The number of nitrogens with one attached hydrogen (secondary N) is 1. The zero-order chi connectivity index (χ0) is 15.8. The normalized spacial score (nSPS) is 15.2. The zero-order valence-electron chi connectivity index (χ0n) is 14.5. The first-order valence-corrected chi connectivity index (χ1v) is 7.75. The summed E-state index contributed by atoms with van der Waals surface area (Å²) in [6.45, 7) is 15.8. The molecule has 0 saturated carbocycles. The Kier molecular flexibility index (Phi) is 8.36. The molecule has 0 amide bonds. The lowest BCUT2D eigenvalue weighted by molar-refractivity contribution is -0.150. The van der Waals surface area contributed by atoms with Gasteiger partial charge in [0.05, 0.1) is 6.61 Å². The lowest BCUT2D eigenvalue weighted by Crippen LogP contribution is -2.50. The van der Waals surface area contributed by atoms with Crippen LogP contribution in [0.15, 0.2) is 0 Å². The molecule has 0 aromatic rings. The van der Waals surface area contributed by atoms with Gasteiger partial charge in [0.25, 0.3) is 0 Å². The van der Waals surface area contributed by atoms with Crippen molar-refractivity contribution in [2.45, 2.75) is 59.9 Å². The molecule has 0 rings (SSSR count). The highest BCUT2D eigenvalue weighted by Gasteiger charge is 2.33. The fourth-order valence-electron chi connectivity index (χ4n) is 2.53. The lowest BCUT2D eigenvalue weighted by atomic mass is 9.94. The van der Waals surface area contributed by atoms with Crippen molar-refractivity contribution in [3.63, 3.8) is 0 Å². The molecule has 20 heavy (non-hydrogen) atoms. The van der Waals surface area contributed by atoms with Crippen molar-refractivity contribution in [1.82, 2.24) is 10.2 Å². The highest BCUT2D eigenvalue weighted by molar-refractivity contribution is 5.80. The van der Waals surface area contributed by atoms with Gasteiger partial charge >= 0.3 is 5.97 Å². The maximum atomic E-state index is 12.1. The van der Waals surface area contributed by atoms with E-state index in [1.807, 2.05) is 20.8 Å². The summed E-state index contributed by atoms with van der Waals surface area (Å²) >= 11 is 0. The predicted molar refractivity (Wildman–Crippen MR) is 84.9 cm³/mol. The third kappa shape index (κ3) is 7.85. The van der Waals surface area contributed by atoms with Crippen molar-refractivity contribution in [3.05, 3.63) is 0 Å². The number of rotatable bonds is 9. The molecular formula is C16H34N2O2. The van der Waals surface area contributed by atoms with Crippen LogP contribution in [0.3, 0.4) is 0 Å². The molecule has 0 aliphatic carbocycles. The van der Waals surface area contributed by atoms with E-state index in [9.17, 15) is 4.79 Å². The fourth-order valence-corrected chi connectivity index (χ4v) is 2.53. The number of hydrogen-bond donors (Lipinski definition) is 1. The Morgan fingerprint density at radius 1 is 1.20 bits per heavy atom. The van der Waals surface area contributed by atoms with E-state index in [1.54, 1.807) is 0 Å². The Labute approximate surface area is 125 Å². The van der Waals surface area contributed by atoms with Gasteiger partial charge in [0, 0.05) is 6.54 Å². The largest absolute Gasteiger partial charge is 0.465 e. The number of likely N-dealkylation sites (N-methyl/N-ethyl adjacent to an activating group) is 1. The molecular weight excluding hydrogens is 252 g/mol. The van der Waals surface area contributed by atoms with Crippen LogP contribution in [0.1, 0.15) is 54.4 Å².